The molecule has 2 fully saturated rings. The minimum atomic E-state index is -0.338. The fourth-order valence-corrected chi connectivity index (χ4v) is 5.83. The second-order valence-electron chi connectivity index (χ2n) is 9.81. The van der Waals surface area contributed by atoms with Crippen LogP contribution in [0.2, 0.25) is 5.02 Å². The Balaban J connectivity index is 1.12. The molecule has 0 unspecified atom stereocenters. The molecule has 2 aliphatic rings. The molecule has 0 radical (unpaired) electrons. The highest BCUT2D eigenvalue weighted by Crippen LogP contribution is 2.37. The average molecular weight is 505 g/mol. The van der Waals surface area contributed by atoms with E-state index in [1.807, 2.05) is 29.3 Å². The highest BCUT2D eigenvalue weighted by Gasteiger charge is 2.48. The third kappa shape index (κ3) is 4.05. The first-order chi connectivity index (χ1) is 17.6. The van der Waals surface area contributed by atoms with E-state index in [1.54, 1.807) is 18.5 Å². The molecule has 0 atom stereocenters. The number of fused-ring (bicyclic) bond motifs is 1. The van der Waals surface area contributed by atoms with Gasteiger partial charge in [0.15, 0.2) is 0 Å². The topological polar surface area (TPSA) is 89.7 Å². The largest absolute Gasteiger partial charge is 0.346 e. The summed E-state index contributed by atoms with van der Waals surface area (Å²) < 4.78 is 16.2. The van der Waals surface area contributed by atoms with Gasteiger partial charge < -0.3 is 4.98 Å². The first kappa shape index (κ1) is 23.1. The Labute approximate surface area is 213 Å². The number of aromatic amines is 1. The van der Waals surface area contributed by atoms with Crippen molar-refractivity contribution in [1.82, 2.24) is 34.5 Å². The maximum atomic E-state index is 14.2. The molecule has 6 rings (SSSR count). The molecule has 1 aromatic carbocycles. The van der Waals surface area contributed by atoms with E-state index in [0.717, 1.165) is 61.3 Å². The number of H-pyrrole nitrogens is 1. The van der Waals surface area contributed by atoms with Crippen LogP contribution in [0.3, 0.4) is 0 Å². The van der Waals surface area contributed by atoms with Crippen molar-refractivity contribution in [2.75, 3.05) is 26.2 Å². The molecule has 184 valence electrons. The Hall–Kier alpha value is -3.32. The molecule has 36 heavy (non-hydrogen) atoms. The second-order valence-corrected chi connectivity index (χ2v) is 10.2. The smallest absolute Gasteiger partial charge is 0.141 e. The zero-order valence-electron chi connectivity index (χ0n) is 19.7. The molecule has 10 heteroatoms. The number of aromatic nitrogens is 5. The van der Waals surface area contributed by atoms with E-state index in [4.69, 9.17) is 11.6 Å². The van der Waals surface area contributed by atoms with Crippen LogP contribution in [0.25, 0.3) is 22.3 Å². The van der Waals surface area contributed by atoms with E-state index in [-0.39, 0.29) is 11.4 Å². The summed E-state index contributed by atoms with van der Waals surface area (Å²) in [6.07, 6.45) is 9.64. The van der Waals surface area contributed by atoms with Crippen LogP contribution < -0.4 is 0 Å². The van der Waals surface area contributed by atoms with Crippen molar-refractivity contribution in [2.45, 2.75) is 37.4 Å². The summed E-state index contributed by atoms with van der Waals surface area (Å²) in [5.41, 5.74) is 2.77. The van der Waals surface area contributed by atoms with Gasteiger partial charge in [-0.15, -0.1) is 0 Å². The summed E-state index contributed by atoms with van der Waals surface area (Å²) in [6, 6.07) is 9.64. The molecule has 0 amide bonds. The van der Waals surface area contributed by atoms with Gasteiger partial charge in [-0.05, 0) is 44.1 Å². The van der Waals surface area contributed by atoms with Crippen LogP contribution in [-0.4, -0.2) is 66.8 Å². The van der Waals surface area contributed by atoms with Gasteiger partial charge in [0.25, 0.3) is 0 Å². The van der Waals surface area contributed by atoms with Gasteiger partial charge in [0.05, 0.1) is 24.4 Å². The summed E-state index contributed by atoms with van der Waals surface area (Å²) in [7, 11) is 0. The maximum absolute atomic E-state index is 14.2. The van der Waals surface area contributed by atoms with Crippen molar-refractivity contribution in [3.63, 3.8) is 0 Å². The monoisotopic (exact) mass is 504 g/mol. The van der Waals surface area contributed by atoms with Crippen LogP contribution >= 0.6 is 11.6 Å². The molecule has 5 heterocycles. The number of hydrogen-bond donors (Lipinski definition) is 1. The van der Waals surface area contributed by atoms with Crippen LogP contribution in [0.5, 0.6) is 0 Å². The second kappa shape index (κ2) is 9.28. The van der Waals surface area contributed by atoms with Gasteiger partial charge in [-0.3, -0.25) is 14.5 Å². The Bertz CT molecular complexity index is 1400. The first-order valence-corrected chi connectivity index (χ1v) is 12.5. The maximum Gasteiger partial charge on any atom is 0.141 e. The Kier molecular flexibility index (Phi) is 5.96. The number of halogens is 2. The molecule has 0 spiro atoms. The predicted octanol–water partition coefficient (Wildman–Crippen LogP) is 4.20. The summed E-state index contributed by atoms with van der Waals surface area (Å²) in [4.78, 5) is 16.6. The predicted molar refractivity (Wildman–Crippen MR) is 135 cm³/mol. The van der Waals surface area contributed by atoms with Gasteiger partial charge in [-0.1, -0.05) is 17.7 Å². The summed E-state index contributed by atoms with van der Waals surface area (Å²) in [5.74, 6) is -0.244. The zero-order chi connectivity index (χ0) is 24.7. The van der Waals surface area contributed by atoms with Crippen LogP contribution in [0.1, 0.15) is 24.8 Å². The normalized spacial score (nSPS) is 18.8. The van der Waals surface area contributed by atoms with Crippen LogP contribution in [0, 0.1) is 17.1 Å². The fourth-order valence-electron chi connectivity index (χ4n) is 5.61. The molecule has 0 aliphatic carbocycles. The number of rotatable bonds is 6. The van der Waals surface area contributed by atoms with E-state index in [9.17, 15) is 9.65 Å². The highest BCUT2D eigenvalue weighted by atomic mass is 35.5. The lowest BCUT2D eigenvalue weighted by atomic mass is 9.83. The van der Waals surface area contributed by atoms with E-state index in [0.29, 0.717) is 29.6 Å². The molecule has 0 bridgehead atoms. The number of nitrogens with zero attached hydrogens (tertiary/aromatic N) is 7. The highest BCUT2D eigenvalue weighted by molar-refractivity contribution is 6.31. The third-order valence-corrected chi connectivity index (χ3v) is 7.97. The number of piperidine rings is 1. The van der Waals surface area contributed by atoms with Crippen molar-refractivity contribution in [2.24, 2.45) is 0 Å². The molecule has 2 saturated heterocycles. The lowest BCUT2D eigenvalue weighted by Gasteiger charge is -2.53. The van der Waals surface area contributed by atoms with Crippen molar-refractivity contribution in [3.8, 4) is 17.3 Å². The number of hydrogen-bond acceptors (Lipinski definition) is 6. The van der Waals surface area contributed by atoms with Gasteiger partial charge in [0, 0.05) is 59.6 Å². The molecule has 2 aliphatic heterocycles. The minimum absolute atomic E-state index is 0.244. The summed E-state index contributed by atoms with van der Waals surface area (Å²) in [5, 5.41) is 15.7. The van der Waals surface area contributed by atoms with Crippen LogP contribution in [0.15, 0.2) is 49.2 Å². The van der Waals surface area contributed by atoms with E-state index in [1.165, 1.54) is 6.07 Å². The standard InChI is InChI=1S/C26H26ClFN8/c27-22-2-1-3-23(28)21(22)14-34-10-5-19(6-11-34)35-15-26(16-35,7-8-29)36-13-18(12-33-36)24-20-4-9-30-25(20)32-17-31-24/h1-4,9,12-13,17,19H,5-7,10-11,14-16H2,(H,30,31,32). The Morgan fingerprint density at radius 3 is 2.81 bits per heavy atom. The van der Waals surface area contributed by atoms with Crippen molar-refractivity contribution in [3.05, 3.63) is 65.6 Å². The molecule has 0 saturated carbocycles. The Morgan fingerprint density at radius 1 is 1.19 bits per heavy atom. The van der Waals surface area contributed by atoms with Crippen molar-refractivity contribution in [1.29, 1.82) is 5.26 Å². The van der Waals surface area contributed by atoms with Gasteiger partial charge in [-0.25, -0.2) is 14.4 Å². The number of nitrogens with one attached hydrogen (secondary N) is 1. The minimum Gasteiger partial charge on any atom is -0.346 e. The summed E-state index contributed by atoms with van der Waals surface area (Å²) >= 11 is 6.22. The van der Waals surface area contributed by atoms with E-state index < -0.39 is 0 Å². The van der Waals surface area contributed by atoms with Crippen LogP contribution in [-0.2, 0) is 12.1 Å². The molecule has 8 nitrogen and oxygen atoms in total. The Morgan fingerprint density at radius 2 is 2.03 bits per heavy atom. The summed E-state index contributed by atoms with van der Waals surface area (Å²) in [6.45, 7) is 3.89. The van der Waals surface area contributed by atoms with Crippen LogP contribution in [0.4, 0.5) is 4.39 Å². The van der Waals surface area contributed by atoms with E-state index in [2.05, 4.69) is 35.9 Å². The van der Waals surface area contributed by atoms with Crippen molar-refractivity contribution < 1.29 is 4.39 Å². The number of likely N-dealkylation sites (tertiary alicyclic amines) is 2. The van der Waals surface area contributed by atoms with E-state index >= 15 is 0 Å². The third-order valence-electron chi connectivity index (χ3n) is 7.62. The number of nitriles is 1. The number of benzene rings is 1. The molecular weight excluding hydrogens is 479 g/mol. The van der Waals surface area contributed by atoms with Crippen molar-refractivity contribution >= 4 is 22.6 Å². The van der Waals surface area contributed by atoms with Gasteiger partial charge in [-0.2, -0.15) is 10.4 Å². The lowest BCUT2D eigenvalue weighted by molar-refractivity contribution is -0.0436. The molecule has 3 aromatic heterocycles. The van der Waals surface area contributed by atoms with Gasteiger partial charge in [0.1, 0.15) is 23.3 Å². The quantitative estimate of drug-likeness (QED) is 0.423. The molecular formula is C26H26ClFN8. The van der Waals surface area contributed by atoms with Gasteiger partial charge >= 0.3 is 0 Å². The zero-order valence-corrected chi connectivity index (χ0v) is 20.5. The lowest BCUT2D eigenvalue weighted by Crippen LogP contribution is -2.66. The fraction of sp³-hybridized carbons (Fsp3) is 0.385. The molecule has 4 aromatic rings. The average Bonchev–Trinajstić information content (AvgIpc) is 3.54. The molecule has 1 N–H and O–H groups in total. The SMILES string of the molecule is N#CCC1(n2cc(-c3ncnc4[nH]ccc34)cn2)CN(C2CCN(Cc3c(F)cccc3Cl)CC2)C1. The van der Waals surface area contributed by atoms with Gasteiger partial charge in [0.2, 0.25) is 0 Å². The first-order valence-electron chi connectivity index (χ1n) is 12.2.